The summed E-state index contributed by atoms with van der Waals surface area (Å²) in [5.41, 5.74) is 1.11. The number of nitrogens with one attached hydrogen (secondary N) is 1. The highest BCUT2D eigenvalue weighted by atomic mass is 35.5. The maximum Gasteiger partial charge on any atom is 0.240 e. The van der Waals surface area contributed by atoms with Gasteiger partial charge in [0, 0.05) is 6.04 Å². The van der Waals surface area contributed by atoms with Crippen molar-refractivity contribution in [1.29, 1.82) is 0 Å². The molecule has 158 valence electrons. The van der Waals surface area contributed by atoms with Crippen molar-refractivity contribution in [2.45, 2.75) is 38.6 Å². The number of benzene rings is 2. The third-order valence-electron chi connectivity index (χ3n) is 4.66. The summed E-state index contributed by atoms with van der Waals surface area (Å²) in [5.74, 6) is -1.11. The Kier molecular flexibility index (Phi) is 7.30. The van der Waals surface area contributed by atoms with Crippen LogP contribution in [0.4, 0.5) is 10.1 Å². The van der Waals surface area contributed by atoms with E-state index in [1.54, 1.807) is 0 Å². The average molecular weight is 441 g/mol. The number of hydrogen-bond acceptors (Lipinski definition) is 3. The van der Waals surface area contributed by atoms with E-state index in [2.05, 4.69) is 19.2 Å². The molecule has 1 unspecified atom stereocenters. The molecule has 1 atom stereocenters. The molecule has 2 rings (SSSR count). The highest BCUT2D eigenvalue weighted by Crippen LogP contribution is 2.28. The molecule has 0 aliphatic rings. The first kappa shape index (κ1) is 23.2. The van der Waals surface area contributed by atoms with Gasteiger partial charge in [-0.05, 0) is 42.5 Å². The number of nitrogens with zero attached hydrogens (tertiary/aromatic N) is 1. The SMILES string of the molecule is CC(CC(C)(C)c1ccccc1)NC(=O)CN(c1ccc(F)c(Cl)c1)S(C)(=O)=O. The second-order valence-electron chi connectivity index (χ2n) is 7.79. The van der Waals surface area contributed by atoms with E-state index in [-0.39, 0.29) is 22.2 Å². The van der Waals surface area contributed by atoms with Crippen molar-refractivity contribution in [2.24, 2.45) is 0 Å². The van der Waals surface area contributed by atoms with Crippen LogP contribution in [0.5, 0.6) is 0 Å². The van der Waals surface area contributed by atoms with Gasteiger partial charge in [0.05, 0.1) is 17.0 Å². The van der Waals surface area contributed by atoms with Gasteiger partial charge in [0.25, 0.3) is 0 Å². The molecule has 0 aromatic heterocycles. The van der Waals surface area contributed by atoms with Crippen LogP contribution in [0.2, 0.25) is 5.02 Å². The number of hydrogen-bond donors (Lipinski definition) is 1. The van der Waals surface area contributed by atoms with Crippen molar-refractivity contribution in [1.82, 2.24) is 5.32 Å². The largest absolute Gasteiger partial charge is 0.352 e. The van der Waals surface area contributed by atoms with Crippen molar-refractivity contribution >= 4 is 33.2 Å². The van der Waals surface area contributed by atoms with Crippen molar-refractivity contribution < 1.29 is 17.6 Å². The van der Waals surface area contributed by atoms with Gasteiger partial charge in [-0.15, -0.1) is 0 Å². The predicted octanol–water partition coefficient (Wildman–Crippen LogP) is 4.12. The minimum Gasteiger partial charge on any atom is -0.352 e. The molecule has 29 heavy (non-hydrogen) atoms. The Bertz CT molecular complexity index is 965. The van der Waals surface area contributed by atoms with E-state index < -0.39 is 28.3 Å². The number of carbonyl (C=O) groups excluding carboxylic acids is 1. The molecule has 0 saturated heterocycles. The van der Waals surface area contributed by atoms with E-state index in [1.165, 1.54) is 12.1 Å². The molecule has 2 aromatic rings. The summed E-state index contributed by atoms with van der Waals surface area (Å²) in [6.45, 7) is 5.64. The fourth-order valence-corrected chi connectivity index (χ4v) is 4.34. The van der Waals surface area contributed by atoms with E-state index in [9.17, 15) is 17.6 Å². The van der Waals surface area contributed by atoms with Gasteiger partial charge in [-0.3, -0.25) is 9.10 Å². The van der Waals surface area contributed by atoms with Gasteiger partial charge < -0.3 is 5.32 Å². The average Bonchev–Trinajstić information content (AvgIpc) is 2.61. The summed E-state index contributed by atoms with van der Waals surface area (Å²) < 4.78 is 38.7. The Morgan fingerprint density at radius 1 is 1.21 bits per heavy atom. The Morgan fingerprint density at radius 3 is 2.38 bits per heavy atom. The van der Waals surface area contributed by atoms with Gasteiger partial charge >= 0.3 is 0 Å². The first-order valence-electron chi connectivity index (χ1n) is 9.18. The summed E-state index contributed by atoms with van der Waals surface area (Å²) >= 11 is 5.76. The molecule has 0 radical (unpaired) electrons. The van der Waals surface area contributed by atoms with Crippen LogP contribution in [-0.2, 0) is 20.2 Å². The fraction of sp³-hybridized carbons (Fsp3) is 0.381. The number of sulfonamides is 1. The molecule has 0 saturated carbocycles. The van der Waals surface area contributed by atoms with Gasteiger partial charge in [-0.25, -0.2) is 12.8 Å². The van der Waals surface area contributed by atoms with Crippen molar-refractivity contribution in [3.05, 3.63) is 64.9 Å². The fourth-order valence-electron chi connectivity index (χ4n) is 3.31. The van der Waals surface area contributed by atoms with Crippen molar-refractivity contribution in [2.75, 3.05) is 17.1 Å². The molecule has 0 bridgehead atoms. The standard InChI is InChI=1S/C21H26ClFN2O3S/c1-15(13-21(2,3)16-8-6-5-7-9-16)24-20(26)14-25(29(4,27)28)17-10-11-19(23)18(22)12-17/h5-12,15H,13-14H2,1-4H3,(H,24,26). The van der Waals surface area contributed by atoms with Crippen molar-refractivity contribution in [3.63, 3.8) is 0 Å². The summed E-state index contributed by atoms with van der Waals surface area (Å²) in [4.78, 5) is 12.5. The van der Waals surface area contributed by atoms with Gasteiger partial charge in [-0.2, -0.15) is 0 Å². The van der Waals surface area contributed by atoms with E-state index in [1.807, 2.05) is 37.3 Å². The topological polar surface area (TPSA) is 66.5 Å². The van der Waals surface area contributed by atoms with Gasteiger partial charge in [0.1, 0.15) is 12.4 Å². The van der Waals surface area contributed by atoms with Crippen LogP contribution in [-0.4, -0.2) is 33.2 Å². The number of amides is 1. The monoisotopic (exact) mass is 440 g/mol. The summed E-state index contributed by atoms with van der Waals surface area (Å²) in [6.07, 6.45) is 1.66. The van der Waals surface area contributed by atoms with Crippen LogP contribution in [0.3, 0.4) is 0 Å². The molecule has 0 aliphatic heterocycles. The second kappa shape index (κ2) is 9.13. The summed E-state index contributed by atoms with van der Waals surface area (Å²) in [5, 5.41) is 2.64. The molecule has 2 aromatic carbocycles. The maximum atomic E-state index is 13.4. The lowest BCUT2D eigenvalue weighted by molar-refractivity contribution is -0.120. The normalized spacial score (nSPS) is 13.0. The van der Waals surface area contributed by atoms with Gasteiger partial charge in [-0.1, -0.05) is 55.8 Å². The quantitative estimate of drug-likeness (QED) is 0.671. The molecule has 1 N–H and O–H groups in total. The molecule has 8 heteroatoms. The zero-order chi connectivity index (χ0) is 21.8. The van der Waals surface area contributed by atoms with Crippen LogP contribution >= 0.6 is 11.6 Å². The second-order valence-corrected chi connectivity index (χ2v) is 10.1. The van der Waals surface area contributed by atoms with E-state index in [0.717, 1.165) is 22.2 Å². The van der Waals surface area contributed by atoms with Crippen LogP contribution in [0.1, 0.15) is 32.8 Å². The Labute approximate surface area is 176 Å². The molecule has 0 aliphatic carbocycles. The molecule has 0 spiro atoms. The third kappa shape index (κ3) is 6.44. The first-order valence-corrected chi connectivity index (χ1v) is 11.4. The zero-order valence-corrected chi connectivity index (χ0v) is 18.5. The van der Waals surface area contributed by atoms with Crippen LogP contribution in [0.25, 0.3) is 0 Å². The highest BCUT2D eigenvalue weighted by Gasteiger charge is 2.26. The van der Waals surface area contributed by atoms with Crippen LogP contribution in [0.15, 0.2) is 48.5 Å². The molecular weight excluding hydrogens is 415 g/mol. The number of rotatable bonds is 8. The van der Waals surface area contributed by atoms with Crippen LogP contribution in [0, 0.1) is 5.82 Å². The molecule has 0 heterocycles. The Balaban J connectivity index is 2.09. The summed E-state index contributed by atoms with van der Waals surface area (Å²) in [7, 11) is -3.77. The van der Waals surface area contributed by atoms with E-state index in [4.69, 9.17) is 11.6 Å². The van der Waals surface area contributed by atoms with Crippen LogP contribution < -0.4 is 9.62 Å². The third-order valence-corrected chi connectivity index (χ3v) is 6.09. The predicted molar refractivity (Wildman–Crippen MR) is 115 cm³/mol. The Morgan fingerprint density at radius 2 is 1.83 bits per heavy atom. The summed E-state index contributed by atoms with van der Waals surface area (Å²) in [6, 6.07) is 13.3. The zero-order valence-electron chi connectivity index (χ0n) is 16.9. The van der Waals surface area contributed by atoms with E-state index >= 15 is 0 Å². The number of carbonyl (C=O) groups is 1. The van der Waals surface area contributed by atoms with Gasteiger partial charge in [0.15, 0.2) is 0 Å². The van der Waals surface area contributed by atoms with Gasteiger partial charge in [0.2, 0.25) is 15.9 Å². The minimum absolute atomic E-state index is 0.131. The molecular formula is C21H26ClFN2O3S. The lowest BCUT2D eigenvalue weighted by Gasteiger charge is -2.30. The lowest BCUT2D eigenvalue weighted by Crippen LogP contribution is -2.44. The van der Waals surface area contributed by atoms with Crippen molar-refractivity contribution in [3.8, 4) is 0 Å². The molecule has 5 nitrogen and oxygen atoms in total. The highest BCUT2D eigenvalue weighted by molar-refractivity contribution is 7.92. The molecule has 1 amide bonds. The smallest absolute Gasteiger partial charge is 0.240 e. The molecule has 0 fully saturated rings. The first-order chi connectivity index (χ1) is 13.4. The maximum absolute atomic E-state index is 13.4. The Hall–Kier alpha value is -2.12. The van der Waals surface area contributed by atoms with E-state index in [0.29, 0.717) is 6.42 Å². The number of halogens is 2. The lowest BCUT2D eigenvalue weighted by atomic mass is 9.79. The number of anilines is 1. The minimum atomic E-state index is -3.77.